The number of fused-ring (bicyclic) bond motifs is 1. The Kier molecular flexibility index (Phi) is 3.25. The highest BCUT2D eigenvalue weighted by Gasteiger charge is 2.17. The third kappa shape index (κ3) is 2.60. The van der Waals surface area contributed by atoms with Gasteiger partial charge in [-0.05, 0) is 31.2 Å². The fourth-order valence-corrected chi connectivity index (χ4v) is 3.23. The monoisotopic (exact) mass is 319 g/mol. The highest BCUT2D eigenvalue weighted by Crippen LogP contribution is 2.20. The van der Waals surface area contributed by atoms with Crippen LogP contribution in [0, 0.1) is 6.92 Å². The maximum atomic E-state index is 12.4. The molecular weight excluding hydrogens is 306 g/mol. The van der Waals surface area contributed by atoms with Gasteiger partial charge in [0.25, 0.3) is 10.0 Å². The third-order valence-corrected chi connectivity index (χ3v) is 4.49. The topological polar surface area (TPSA) is 94.2 Å². The Bertz CT molecular complexity index is 1020. The molecule has 0 atom stereocenters. The van der Waals surface area contributed by atoms with Crippen LogP contribution >= 0.6 is 0 Å². The molecule has 0 bridgehead atoms. The first kappa shape index (κ1) is 14.3. The summed E-state index contributed by atoms with van der Waals surface area (Å²) in [5.41, 5.74) is 0.565. The molecular formula is C14H13N3O4S. The van der Waals surface area contributed by atoms with Crippen molar-refractivity contribution in [1.82, 2.24) is 9.78 Å². The standard InChI is InChI=1S/C14H13N3O4S/c1-9-7-13(17(2)15-9)16-22(19,20)11-4-5-12-10(8-11)3-6-14(18)21-12/h3-8,16H,1-2H3. The van der Waals surface area contributed by atoms with Gasteiger partial charge in [-0.15, -0.1) is 0 Å². The molecule has 0 aliphatic carbocycles. The van der Waals surface area contributed by atoms with Crippen LogP contribution in [0.15, 0.2) is 50.5 Å². The summed E-state index contributed by atoms with van der Waals surface area (Å²) in [5, 5.41) is 4.62. The van der Waals surface area contributed by atoms with E-state index in [0.29, 0.717) is 22.5 Å². The van der Waals surface area contributed by atoms with Crippen molar-refractivity contribution in [1.29, 1.82) is 0 Å². The van der Waals surface area contributed by atoms with E-state index in [0.717, 1.165) is 0 Å². The lowest BCUT2D eigenvalue weighted by molar-refractivity contribution is 0.560. The van der Waals surface area contributed by atoms with Crippen molar-refractivity contribution >= 4 is 26.8 Å². The number of nitrogens with one attached hydrogen (secondary N) is 1. The van der Waals surface area contributed by atoms with E-state index in [-0.39, 0.29) is 4.90 Å². The lowest BCUT2D eigenvalue weighted by Crippen LogP contribution is -2.15. The molecule has 22 heavy (non-hydrogen) atoms. The summed E-state index contributed by atoms with van der Waals surface area (Å²) in [4.78, 5) is 11.2. The Morgan fingerprint density at radius 1 is 1.18 bits per heavy atom. The van der Waals surface area contributed by atoms with Gasteiger partial charge in [0.2, 0.25) is 0 Å². The van der Waals surface area contributed by atoms with Crippen molar-refractivity contribution in [3.63, 3.8) is 0 Å². The Labute approximate surface area is 126 Å². The van der Waals surface area contributed by atoms with Crippen molar-refractivity contribution in [2.24, 2.45) is 7.05 Å². The number of benzene rings is 1. The zero-order valence-corrected chi connectivity index (χ0v) is 12.7. The van der Waals surface area contributed by atoms with Gasteiger partial charge >= 0.3 is 5.63 Å². The molecule has 0 saturated carbocycles. The van der Waals surface area contributed by atoms with Crippen LogP contribution in [0.1, 0.15) is 5.69 Å². The van der Waals surface area contributed by atoms with E-state index in [2.05, 4.69) is 9.82 Å². The van der Waals surface area contributed by atoms with E-state index in [1.54, 1.807) is 20.0 Å². The highest BCUT2D eigenvalue weighted by molar-refractivity contribution is 7.92. The van der Waals surface area contributed by atoms with Crippen molar-refractivity contribution in [3.05, 3.63) is 52.5 Å². The smallest absolute Gasteiger partial charge is 0.336 e. The summed E-state index contributed by atoms with van der Waals surface area (Å²) in [5.74, 6) is 0.372. The number of nitrogens with zero attached hydrogens (tertiary/aromatic N) is 2. The van der Waals surface area contributed by atoms with Gasteiger partial charge in [0.1, 0.15) is 11.4 Å². The minimum Gasteiger partial charge on any atom is -0.423 e. The number of hydrogen-bond acceptors (Lipinski definition) is 5. The first-order valence-electron chi connectivity index (χ1n) is 6.42. The quantitative estimate of drug-likeness (QED) is 0.741. The average molecular weight is 319 g/mol. The van der Waals surface area contributed by atoms with Gasteiger partial charge in [-0.3, -0.25) is 9.40 Å². The van der Waals surface area contributed by atoms with Crippen LogP contribution in [0.5, 0.6) is 0 Å². The van der Waals surface area contributed by atoms with E-state index < -0.39 is 15.6 Å². The first-order valence-corrected chi connectivity index (χ1v) is 7.91. The number of hydrogen-bond donors (Lipinski definition) is 1. The van der Waals surface area contributed by atoms with E-state index in [4.69, 9.17) is 4.42 Å². The zero-order valence-electron chi connectivity index (χ0n) is 11.9. The van der Waals surface area contributed by atoms with Gasteiger partial charge in [0.15, 0.2) is 0 Å². The van der Waals surface area contributed by atoms with Gasteiger partial charge in [0.05, 0.1) is 10.6 Å². The predicted molar refractivity (Wildman–Crippen MR) is 81.2 cm³/mol. The Morgan fingerprint density at radius 2 is 1.95 bits per heavy atom. The largest absolute Gasteiger partial charge is 0.423 e. The molecule has 0 aliphatic heterocycles. The zero-order chi connectivity index (χ0) is 15.9. The molecule has 0 unspecified atom stereocenters. The molecule has 0 fully saturated rings. The number of aryl methyl sites for hydroxylation is 2. The molecule has 0 radical (unpaired) electrons. The van der Waals surface area contributed by atoms with Crippen LogP contribution < -0.4 is 10.3 Å². The molecule has 1 aromatic carbocycles. The summed E-state index contributed by atoms with van der Waals surface area (Å²) >= 11 is 0. The third-order valence-electron chi connectivity index (χ3n) is 3.14. The van der Waals surface area contributed by atoms with E-state index in [9.17, 15) is 13.2 Å². The fourth-order valence-electron chi connectivity index (χ4n) is 2.12. The second kappa shape index (κ2) is 4.99. The van der Waals surface area contributed by atoms with Gasteiger partial charge in [-0.2, -0.15) is 5.10 Å². The van der Waals surface area contributed by atoms with E-state index >= 15 is 0 Å². The minimum atomic E-state index is -3.75. The molecule has 2 aromatic heterocycles. The van der Waals surface area contributed by atoms with Crippen LogP contribution in [0.2, 0.25) is 0 Å². The minimum absolute atomic E-state index is 0.0766. The van der Waals surface area contributed by atoms with Gasteiger partial charge in [-0.25, -0.2) is 13.2 Å². The van der Waals surface area contributed by atoms with Gasteiger partial charge in [0, 0.05) is 24.6 Å². The first-order chi connectivity index (χ1) is 10.3. The Morgan fingerprint density at radius 3 is 2.64 bits per heavy atom. The molecule has 0 spiro atoms. The molecule has 0 amide bonds. The Balaban J connectivity index is 2.03. The van der Waals surface area contributed by atoms with Crippen LogP contribution in [-0.2, 0) is 17.1 Å². The van der Waals surface area contributed by atoms with E-state index in [1.807, 2.05) is 0 Å². The summed E-state index contributed by atoms with van der Waals surface area (Å²) in [6, 6.07) is 8.70. The lowest BCUT2D eigenvalue weighted by atomic mass is 10.2. The van der Waals surface area contributed by atoms with Crippen molar-refractivity contribution < 1.29 is 12.8 Å². The summed E-state index contributed by atoms with van der Waals surface area (Å²) in [6.07, 6.45) is 0. The summed E-state index contributed by atoms with van der Waals surface area (Å²) < 4.78 is 33.8. The number of sulfonamides is 1. The normalized spacial score (nSPS) is 11.7. The maximum Gasteiger partial charge on any atom is 0.336 e. The molecule has 3 rings (SSSR count). The van der Waals surface area contributed by atoms with Crippen LogP contribution in [0.4, 0.5) is 5.82 Å². The summed E-state index contributed by atoms with van der Waals surface area (Å²) in [7, 11) is -2.10. The van der Waals surface area contributed by atoms with Crippen LogP contribution in [-0.4, -0.2) is 18.2 Å². The predicted octanol–water partition coefficient (Wildman–Crippen LogP) is 1.64. The molecule has 114 valence electrons. The Hall–Kier alpha value is -2.61. The molecule has 2 heterocycles. The lowest BCUT2D eigenvalue weighted by Gasteiger charge is -2.08. The highest BCUT2D eigenvalue weighted by atomic mass is 32.2. The van der Waals surface area contributed by atoms with E-state index in [1.165, 1.54) is 35.0 Å². The van der Waals surface area contributed by atoms with Crippen molar-refractivity contribution in [2.45, 2.75) is 11.8 Å². The molecule has 0 saturated heterocycles. The van der Waals surface area contributed by atoms with Crippen LogP contribution in [0.25, 0.3) is 11.0 Å². The second-order valence-electron chi connectivity index (χ2n) is 4.85. The molecule has 0 aliphatic rings. The molecule has 3 aromatic rings. The number of anilines is 1. The SMILES string of the molecule is Cc1cc(NS(=O)(=O)c2ccc3oc(=O)ccc3c2)n(C)n1. The van der Waals surface area contributed by atoms with Crippen LogP contribution in [0.3, 0.4) is 0 Å². The maximum absolute atomic E-state index is 12.4. The molecule has 8 heteroatoms. The van der Waals surface area contributed by atoms with Gasteiger partial charge < -0.3 is 4.42 Å². The fraction of sp³-hybridized carbons (Fsp3) is 0.143. The van der Waals surface area contributed by atoms with Crippen molar-refractivity contribution in [2.75, 3.05) is 4.72 Å². The molecule has 7 nitrogen and oxygen atoms in total. The summed E-state index contributed by atoms with van der Waals surface area (Å²) in [6.45, 7) is 1.77. The van der Waals surface area contributed by atoms with Gasteiger partial charge in [-0.1, -0.05) is 0 Å². The molecule has 1 N–H and O–H groups in total. The number of aromatic nitrogens is 2. The average Bonchev–Trinajstić information content (AvgIpc) is 2.75. The van der Waals surface area contributed by atoms with Crippen molar-refractivity contribution in [3.8, 4) is 0 Å². The second-order valence-corrected chi connectivity index (χ2v) is 6.54. The number of rotatable bonds is 3.